The van der Waals surface area contributed by atoms with Crippen molar-refractivity contribution in [2.45, 2.75) is 20.4 Å². The number of nitrogens with two attached hydrogens (primary N) is 1. The molecule has 0 atom stereocenters. The number of carbonyl (C=O) groups excluding carboxylic acids is 2. The Morgan fingerprint density at radius 2 is 2.00 bits per heavy atom. The monoisotopic (exact) mass is 308 g/mol. The van der Waals surface area contributed by atoms with Gasteiger partial charge in [-0.25, -0.2) is 8.78 Å². The van der Waals surface area contributed by atoms with Crippen molar-refractivity contribution in [3.63, 3.8) is 0 Å². The number of anilines is 1. The van der Waals surface area contributed by atoms with E-state index in [-0.39, 0.29) is 16.9 Å². The Kier molecular flexibility index (Phi) is 4.20. The number of nitrogens with zero attached hydrogens (tertiary/aromatic N) is 2. The standard InChI is InChI=1S/C14H14F2N4O2/c1-3-20-12(13(17)21)11(7(2)19-20)18-14(22)8-4-5-9(15)10(16)6-8/h4-6H,3H2,1-2H3,(H2,17,21)(H,18,22). The first-order valence-corrected chi connectivity index (χ1v) is 6.48. The number of amides is 2. The number of rotatable bonds is 4. The number of benzene rings is 1. The lowest BCUT2D eigenvalue weighted by atomic mass is 10.2. The quantitative estimate of drug-likeness (QED) is 0.903. The lowest BCUT2D eigenvalue weighted by Gasteiger charge is -2.07. The van der Waals surface area contributed by atoms with Gasteiger partial charge in [0.15, 0.2) is 11.6 Å². The molecule has 3 N–H and O–H groups in total. The molecule has 0 bridgehead atoms. The van der Waals surface area contributed by atoms with Crippen molar-refractivity contribution in [1.82, 2.24) is 9.78 Å². The second-order valence-corrected chi connectivity index (χ2v) is 4.57. The van der Waals surface area contributed by atoms with Gasteiger partial charge in [-0.3, -0.25) is 14.3 Å². The SMILES string of the molecule is CCn1nc(C)c(NC(=O)c2ccc(F)c(F)c2)c1C(N)=O. The number of carbonyl (C=O) groups is 2. The average Bonchev–Trinajstić information content (AvgIpc) is 2.78. The molecule has 2 aromatic rings. The van der Waals surface area contributed by atoms with Crippen LogP contribution in [0, 0.1) is 18.6 Å². The molecule has 6 nitrogen and oxygen atoms in total. The van der Waals surface area contributed by atoms with Crippen LogP contribution in [0.2, 0.25) is 0 Å². The molecule has 8 heteroatoms. The summed E-state index contributed by atoms with van der Waals surface area (Å²) in [5.41, 5.74) is 5.82. The maximum absolute atomic E-state index is 13.2. The van der Waals surface area contributed by atoms with Crippen LogP contribution in [0.5, 0.6) is 0 Å². The summed E-state index contributed by atoms with van der Waals surface area (Å²) in [4.78, 5) is 23.6. The molecule has 116 valence electrons. The minimum atomic E-state index is -1.14. The van der Waals surface area contributed by atoms with Crippen molar-refractivity contribution < 1.29 is 18.4 Å². The van der Waals surface area contributed by atoms with Crippen molar-refractivity contribution in [3.8, 4) is 0 Å². The predicted molar refractivity (Wildman–Crippen MR) is 75.5 cm³/mol. The lowest BCUT2D eigenvalue weighted by molar-refractivity contribution is 0.0991. The third-order valence-electron chi connectivity index (χ3n) is 3.08. The summed E-state index contributed by atoms with van der Waals surface area (Å²) in [5, 5.41) is 6.56. The molecule has 1 aromatic heterocycles. The van der Waals surface area contributed by atoms with Crippen LogP contribution in [0.25, 0.3) is 0 Å². The van der Waals surface area contributed by atoms with Crippen LogP contribution in [0.4, 0.5) is 14.5 Å². The molecular formula is C14H14F2N4O2. The summed E-state index contributed by atoms with van der Waals surface area (Å²) in [6, 6.07) is 2.76. The molecule has 0 aliphatic carbocycles. The highest BCUT2D eigenvalue weighted by molar-refractivity contribution is 6.08. The van der Waals surface area contributed by atoms with E-state index in [0.717, 1.165) is 18.2 Å². The number of hydrogen-bond acceptors (Lipinski definition) is 3. The maximum Gasteiger partial charge on any atom is 0.269 e. The average molecular weight is 308 g/mol. The number of aryl methyl sites for hydroxylation is 2. The van der Waals surface area contributed by atoms with Crippen molar-refractivity contribution in [1.29, 1.82) is 0 Å². The second kappa shape index (κ2) is 5.92. The molecule has 22 heavy (non-hydrogen) atoms. The largest absolute Gasteiger partial charge is 0.364 e. The first-order chi connectivity index (χ1) is 10.3. The van der Waals surface area contributed by atoms with E-state index in [1.165, 1.54) is 4.68 Å². The van der Waals surface area contributed by atoms with Gasteiger partial charge in [-0.05, 0) is 32.0 Å². The van der Waals surface area contributed by atoms with E-state index in [9.17, 15) is 18.4 Å². The zero-order chi connectivity index (χ0) is 16.4. The maximum atomic E-state index is 13.2. The van der Waals surface area contributed by atoms with Gasteiger partial charge in [0.25, 0.3) is 11.8 Å². The Bertz CT molecular complexity index is 756. The highest BCUT2D eigenvalue weighted by Crippen LogP contribution is 2.21. The van der Waals surface area contributed by atoms with Crippen LogP contribution in [-0.2, 0) is 6.54 Å². The van der Waals surface area contributed by atoms with E-state index >= 15 is 0 Å². The Hall–Kier alpha value is -2.77. The molecule has 0 aliphatic rings. The fourth-order valence-electron chi connectivity index (χ4n) is 2.03. The highest BCUT2D eigenvalue weighted by Gasteiger charge is 2.21. The van der Waals surface area contributed by atoms with Gasteiger partial charge in [0.05, 0.1) is 11.4 Å². The summed E-state index contributed by atoms with van der Waals surface area (Å²) >= 11 is 0. The summed E-state index contributed by atoms with van der Waals surface area (Å²) in [5.74, 6) is -3.63. The van der Waals surface area contributed by atoms with Gasteiger partial charge in [-0.15, -0.1) is 0 Å². The molecule has 0 unspecified atom stereocenters. The van der Waals surface area contributed by atoms with E-state index in [2.05, 4.69) is 10.4 Å². The molecule has 0 fully saturated rings. The summed E-state index contributed by atoms with van der Waals surface area (Å²) < 4.78 is 27.4. The van der Waals surface area contributed by atoms with Crippen LogP contribution in [-0.4, -0.2) is 21.6 Å². The van der Waals surface area contributed by atoms with E-state index in [1.54, 1.807) is 13.8 Å². The van der Waals surface area contributed by atoms with Crippen molar-refractivity contribution in [3.05, 3.63) is 46.8 Å². The first-order valence-electron chi connectivity index (χ1n) is 6.48. The van der Waals surface area contributed by atoms with Gasteiger partial charge in [-0.2, -0.15) is 5.10 Å². The van der Waals surface area contributed by atoms with Crippen molar-refractivity contribution in [2.75, 3.05) is 5.32 Å². The fraction of sp³-hybridized carbons (Fsp3) is 0.214. The van der Waals surface area contributed by atoms with E-state index < -0.39 is 23.4 Å². The predicted octanol–water partition coefficient (Wildman–Crippen LogP) is 1.84. The van der Waals surface area contributed by atoms with Crippen molar-refractivity contribution >= 4 is 17.5 Å². The molecular weight excluding hydrogens is 294 g/mol. The normalized spacial score (nSPS) is 10.5. The number of hydrogen-bond donors (Lipinski definition) is 2. The van der Waals surface area contributed by atoms with Crippen LogP contribution < -0.4 is 11.1 Å². The van der Waals surface area contributed by atoms with Gasteiger partial charge in [-0.1, -0.05) is 0 Å². The molecule has 0 radical (unpaired) electrons. The van der Waals surface area contributed by atoms with E-state index in [0.29, 0.717) is 12.2 Å². The lowest BCUT2D eigenvalue weighted by Crippen LogP contribution is -2.21. The topological polar surface area (TPSA) is 90.0 Å². The third-order valence-corrected chi connectivity index (χ3v) is 3.08. The van der Waals surface area contributed by atoms with Gasteiger partial charge in [0.2, 0.25) is 0 Å². The van der Waals surface area contributed by atoms with E-state index in [4.69, 9.17) is 5.73 Å². The highest BCUT2D eigenvalue weighted by atomic mass is 19.2. The third kappa shape index (κ3) is 2.80. The summed E-state index contributed by atoms with van der Waals surface area (Å²) in [6.45, 7) is 3.75. The molecule has 0 aliphatic heterocycles. The van der Waals surface area contributed by atoms with Gasteiger partial charge >= 0.3 is 0 Å². The Labute approximate surface area is 124 Å². The minimum Gasteiger partial charge on any atom is -0.364 e. The first kappa shape index (κ1) is 15.6. The molecule has 1 aromatic carbocycles. The molecule has 0 saturated heterocycles. The van der Waals surface area contributed by atoms with E-state index in [1.807, 2.05) is 0 Å². The number of aromatic nitrogens is 2. The minimum absolute atomic E-state index is 0.0518. The molecule has 2 amide bonds. The van der Waals surface area contributed by atoms with Gasteiger partial charge < -0.3 is 11.1 Å². The Morgan fingerprint density at radius 1 is 1.32 bits per heavy atom. The zero-order valence-corrected chi connectivity index (χ0v) is 12.0. The second-order valence-electron chi connectivity index (χ2n) is 4.57. The summed E-state index contributed by atoms with van der Waals surface area (Å²) in [6.07, 6.45) is 0. The number of primary amides is 1. The number of halogens is 2. The van der Waals surface area contributed by atoms with Crippen LogP contribution in [0.3, 0.4) is 0 Å². The zero-order valence-electron chi connectivity index (χ0n) is 12.0. The Balaban J connectivity index is 2.38. The molecule has 0 spiro atoms. The smallest absolute Gasteiger partial charge is 0.269 e. The summed E-state index contributed by atoms with van der Waals surface area (Å²) in [7, 11) is 0. The van der Waals surface area contributed by atoms with Crippen LogP contribution in [0.15, 0.2) is 18.2 Å². The molecule has 0 saturated carbocycles. The fourth-order valence-corrected chi connectivity index (χ4v) is 2.03. The van der Waals surface area contributed by atoms with Crippen LogP contribution in [0.1, 0.15) is 33.5 Å². The van der Waals surface area contributed by atoms with Gasteiger partial charge in [0.1, 0.15) is 5.69 Å². The molecule has 1 heterocycles. The van der Waals surface area contributed by atoms with Crippen LogP contribution >= 0.6 is 0 Å². The Morgan fingerprint density at radius 3 is 2.55 bits per heavy atom. The molecule has 2 rings (SSSR count). The van der Waals surface area contributed by atoms with Gasteiger partial charge in [0, 0.05) is 12.1 Å². The number of nitrogens with one attached hydrogen (secondary N) is 1. The van der Waals surface area contributed by atoms with Crippen molar-refractivity contribution in [2.24, 2.45) is 5.73 Å².